The first-order valence-electron chi connectivity index (χ1n) is 9.22. The summed E-state index contributed by atoms with van der Waals surface area (Å²) in [6.07, 6.45) is 0. The number of thioether (sulfide) groups is 1. The molecule has 1 N–H and O–H groups in total. The van der Waals surface area contributed by atoms with Crippen molar-refractivity contribution in [1.29, 1.82) is 5.41 Å². The summed E-state index contributed by atoms with van der Waals surface area (Å²) in [5.74, 6) is 1.64. The minimum atomic E-state index is -0.0670. The van der Waals surface area contributed by atoms with Crippen LogP contribution >= 0.6 is 11.8 Å². The van der Waals surface area contributed by atoms with Gasteiger partial charge < -0.3 is 4.74 Å². The van der Waals surface area contributed by atoms with Crippen molar-refractivity contribution in [2.75, 3.05) is 12.4 Å². The van der Waals surface area contributed by atoms with E-state index in [1.165, 1.54) is 16.7 Å². The molecule has 0 radical (unpaired) electrons. The third-order valence-corrected chi connectivity index (χ3v) is 5.66. The molecular formula is C21H20N4O3S. The van der Waals surface area contributed by atoms with Gasteiger partial charge in [-0.15, -0.1) is 0 Å². The van der Waals surface area contributed by atoms with Gasteiger partial charge in [0.05, 0.1) is 29.7 Å². The molecule has 0 saturated carbocycles. The molecule has 29 heavy (non-hydrogen) atoms. The number of fused-ring (bicyclic) bond motifs is 1. The fraction of sp³-hybridized carbons (Fsp3) is 0.238. The lowest BCUT2D eigenvalue weighted by atomic mass is 10.2. The average molecular weight is 408 g/mol. The zero-order chi connectivity index (χ0) is 20.4. The number of hydrogen-bond donors (Lipinski definition) is 1. The van der Waals surface area contributed by atoms with Crippen molar-refractivity contribution in [3.63, 3.8) is 0 Å². The van der Waals surface area contributed by atoms with Gasteiger partial charge >= 0.3 is 0 Å². The zero-order valence-corrected chi connectivity index (χ0v) is 16.7. The van der Waals surface area contributed by atoms with E-state index in [0.717, 1.165) is 5.56 Å². The van der Waals surface area contributed by atoms with Crippen molar-refractivity contribution in [3.05, 3.63) is 70.3 Å². The standard InChI is InChI=1S/C21H20N4O3S/c1-14-23-18-5-3-2-4-17(18)20(27)24(14)10-11-28-16-8-6-15(7-9-16)12-25-19(26)13-29-21(25)22/h2-9,22H,10-13H2,1H3. The fourth-order valence-electron chi connectivity index (χ4n) is 3.23. The summed E-state index contributed by atoms with van der Waals surface area (Å²) in [4.78, 5) is 30.4. The van der Waals surface area contributed by atoms with Gasteiger partial charge in [-0.2, -0.15) is 0 Å². The van der Waals surface area contributed by atoms with Crippen molar-refractivity contribution in [2.45, 2.75) is 20.0 Å². The summed E-state index contributed by atoms with van der Waals surface area (Å²) >= 11 is 1.25. The Labute approximate surface area is 171 Å². The van der Waals surface area contributed by atoms with Gasteiger partial charge in [-0.25, -0.2) is 4.98 Å². The van der Waals surface area contributed by atoms with Gasteiger partial charge in [0.15, 0.2) is 5.17 Å². The molecule has 1 amide bonds. The van der Waals surface area contributed by atoms with E-state index >= 15 is 0 Å². The van der Waals surface area contributed by atoms with Crippen molar-refractivity contribution in [1.82, 2.24) is 14.5 Å². The number of benzene rings is 2. The fourth-order valence-corrected chi connectivity index (χ4v) is 3.97. The number of hydrogen-bond acceptors (Lipinski definition) is 6. The van der Waals surface area contributed by atoms with E-state index in [0.29, 0.717) is 53.1 Å². The minimum absolute atomic E-state index is 0.0369. The highest BCUT2D eigenvalue weighted by Crippen LogP contribution is 2.21. The van der Waals surface area contributed by atoms with E-state index in [4.69, 9.17) is 10.1 Å². The summed E-state index contributed by atoms with van der Waals surface area (Å²) in [7, 11) is 0. The lowest BCUT2D eigenvalue weighted by Gasteiger charge is -2.15. The summed E-state index contributed by atoms with van der Waals surface area (Å²) in [6, 6.07) is 14.8. The maximum Gasteiger partial charge on any atom is 0.261 e. The number of amides is 1. The normalized spacial score (nSPS) is 14.0. The number of carbonyl (C=O) groups is 1. The monoisotopic (exact) mass is 408 g/mol. The number of aryl methyl sites for hydroxylation is 1. The Kier molecular flexibility index (Phi) is 5.35. The van der Waals surface area contributed by atoms with Crippen LogP contribution in [-0.4, -0.2) is 37.9 Å². The van der Waals surface area contributed by atoms with Crippen LogP contribution in [0.4, 0.5) is 0 Å². The van der Waals surface area contributed by atoms with Crippen molar-refractivity contribution in [2.24, 2.45) is 0 Å². The molecule has 1 aromatic heterocycles. The third kappa shape index (κ3) is 4.02. The number of para-hydroxylation sites is 1. The average Bonchev–Trinajstić information content (AvgIpc) is 3.03. The van der Waals surface area contributed by atoms with Crippen molar-refractivity contribution in [3.8, 4) is 5.75 Å². The molecule has 0 aliphatic carbocycles. The lowest BCUT2D eigenvalue weighted by molar-refractivity contribution is -0.124. The maximum atomic E-state index is 12.7. The summed E-state index contributed by atoms with van der Waals surface area (Å²) in [5.41, 5.74) is 1.57. The molecule has 4 rings (SSSR count). The summed E-state index contributed by atoms with van der Waals surface area (Å²) < 4.78 is 7.41. The molecule has 1 aliphatic heterocycles. The van der Waals surface area contributed by atoms with E-state index in [2.05, 4.69) is 4.98 Å². The largest absolute Gasteiger partial charge is 0.492 e. The molecule has 7 nitrogen and oxygen atoms in total. The van der Waals surface area contributed by atoms with Gasteiger partial charge in [-0.05, 0) is 36.8 Å². The molecule has 1 aliphatic rings. The highest BCUT2D eigenvalue weighted by Gasteiger charge is 2.26. The highest BCUT2D eigenvalue weighted by molar-refractivity contribution is 8.14. The number of ether oxygens (including phenoxy) is 1. The molecule has 148 valence electrons. The molecule has 8 heteroatoms. The molecule has 2 heterocycles. The number of nitrogens with zero attached hydrogens (tertiary/aromatic N) is 3. The Bertz CT molecular complexity index is 1120. The predicted molar refractivity (Wildman–Crippen MR) is 113 cm³/mol. The topological polar surface area (TPSA) is 88.3 Å². The van der Waals surface area contributed by atoms with E-state index in [1.807, 2.05) is 49.4 Å². The van der Waals surface area contributed by atoms with Crippen LogP contribution in [0.2, 0.25) is 0 Å². The molecule has 0 bridgehead atoms. The van der Waals surface area contributed by atoms with Crippen LogP contribution in [0.15, 0.2) is 53.3 Å². The summed E-state index contributed by atoms with van der Waals surface area (Å²) in [6.45, 7) is 2.95. The SMILES string of the molecule is Cc1nc2ccccc2c(=O)n1CCOc1ccc(CN2C(=N)SCC2=O)cc1. The zero-order valence-electron chi connectivity index (χ0n) is 15.9. The van der Waals surface area contributed by atoms with Gasteiger partial charge in [0.2, 0.25) is 5.91 Å². The van der Waals surface area contributed by atoms with Crippen LogP contribution < -0.4 is 10.3 Å². The molecule has 0 spiro atoms. The first kappa shape index (κ1) is 19.2. The maximum absolute atomic E-state index is 12.7. The lowest BCUT2D eigenvalue weighted by Crippen LogP contribution is -2.28. The Morgan fingerprint density at radius 2 is 1.90 bits per heavy atom. The first-order valence-corrected chi connectivity index (χ1v) is 10.2. The predicted octanol–water partition coefficient (Wildman–Crippen LogP) is 2.79. The van der Waals surface area contributed by atoms with Crippen molar-refractivity contribution < 1.29 is 9.53 Å². The number of nitrogens with one attached hydrogen (secondary N) is 1. The molecule has 0 atom stereocenters. The Balaban J connectivity index is 1.39. The van der Waals surface area contributed by atoms with Crippen LogP contribution in [0.25, 0.3) is 10.9 Å². The third-order valence-electron chi connectivity index (χ3n) is 4.78. The van der Waals surface area contributed by atoms with Crippen LogP contribution in [-0.2, 0) is 17.9 Å². The Hall–Kier alpha value is -3.13. The van der Waals surface area contributed by atoms with E-state index in [-0.39, 0.29) is 11.5 Å². The second kappa shape index (κ2) is 8.08. The van der Waals surface area contributed by atoms with Crippen LogP contribution in [0, 0.1) is 12.3 Å². The summed E-state index contributed by atoms with van der Waals surface area (Å²) in [5, 5.41) is 8.69. The molecule has 1 fully saturated rings. The number of rotatable bonds is 6. The molecule has 3 aromatic rings. The molecule has 0 unspecified atom stereocenters. The van der Waals surface area contributed by atoms with Gasteiger partial charge in [0.25, 0.3) is 5.56 Å². The number of amidine groups is 1. The van der Waals surface area contributed by atoms with Gasteiger partial charge in [0.1, 0.15) is 18.2 Å². The van der Waals surface area contributed by atoms with E-state index in [1.54, 1.807) is 10.6 Å². The highest BCUT2D eigenvalue weighted by atomic mass is 32.2. The second-order valence-corrected chi connectivity index (χ2v) is 7.66. The van der Waals surface area contributed by atoms with Crippen molar-refractivity contribution >= 4 is 33.7 Å². The molecule has 2 aromatic carbocycles. The number of carbonyl (C=O) groups excluding carboxylic acids is 1. The number of aromatic nitrogens is 2. The van der Waals surface area contributed by atoms with Gasteiger partial charge in [0, 0.05) is 0 Å². The van der Waals surface area contributed by atoms with Crippen LogP contribution in [0.1, 0.15) is 11.4 Å². The van der Waals surface area contributed by atoms with E-state index in [9.17, 15) is 9.59 Å². The molecular weight excluding hydrogens is 388 g/mol. The van der Waals surface area contributed by atoms with Gasteiger partial charge in [-0.1, -0.05) is 36.0 Å². The van der Waals surface area contributed by atoms with Crippen LogP contribution in [0.3, 0.4) is 0 Å². The minimum Gasteiger partial charge on any atom is -0.492 e. The molecule has 1 saturated heterocycles. The Morgan fingerprint density at radius 3 is 2.62 bits per heavy atom. The second-order valence-electron chi connectivity index (χ2n) is 6.70. The quantitative estimate of drug-likeness (QED) is 0.678. The first-order chi connectivity index (χ1) is 14.0. The smallest absolute Gasteiger partial charge is 0.261 e. The van der Waals surface area contributed by atoms with Gasteiger partial charge in [-0.3, -0.25) is 24.5 Å². The van der Waals surface area contributed by atoms with E-state index < -0.39 is 0 Å². The Morgan fingerprint density at radius 1 is 1.14 bits per heavy atom. The van der Waals surface area contributed by atoms with Crippen LogP contribution in [0.5, 0.6) is 5.75 Å².